The first-order valence-corrected chi connectivity index (χ1v) is 9.11. The number of carbonyl (C=O) groups excluding carboxylic acids is 1. The Balaban J connectivity index is 1.44. The predicted molar refractivity (Wildman–Crippen MR) is 87.9 cm³/mol. The fourth-order valence-corrected chi connectivity index (χ4v) is 3.63. The molecule has 0 unspecified atom stereocenters. The Kier molecular flexibility index (Phi) is 4.03. The van der Waals surface area contributed by atoms with Crippen LogP contribution in [0.4, 0.5) is 0 Å². The van der Waals surface area contributed by atoms with Gasteiger partial charge in [0.25, 0.3) is 5.78 Å². The van der Waals surface area contributed by atoms with E-state index < -0.39 is 0 Å². The summed E-state index contributed by atoms with van der Waals surface area (Å²) < 4.78 is 1.63. The van der Waals surface area contributed by atoms with Gasteiger partial charge in [0.15, 0.2) is 0 Å². The Bertz CT molecular complexity index is 719. The highest BCUT2D eigenvalue weighted by Gasteiger charge is 2.34. The molecule has 4 rings (SSSR count). The molecule has 0 bridgehead atoms. The second-order valence-corrected chi connectivity index (χ2v) is 6.93. The Morgan fingerprint density at radius 2 is 2.30 bits per heavy atom. The number of amides is 1. The molecule has 0 saturated heterocycles. The zero-order chi connectivity index (χ0) is 15.6. The first-order valence-electron chi connectivity index (χ1n) is 8.12. The molecule has 6 nitrogen and oxygen atoms in total. The van der Waals surface area contributed by atoms with Crippen molar-refractivity contribution in [3.8, 4) is 0 Å². The summed E-state index contributed by atoms with van der Waals surface area (Å²) in [6.07, 6.45) is 12.6. The van der Waals surface area contributed by atoms with Crippen LogP contribution in [0.3, 0.4) is 0 Å². The smallest absolute Gasteiger partial charge is 0.253 e. The van der Waals surface area contributed by atoms with Gasteiger partial charge in [0.05, 0.1) is 5.75 Å². The third-order valence-electron chi connectivity index (χ3n) is 4.18. The van der Waals surface area contributed by atoms with Crippen LogP contribution in [0.1, 0.15) is 38.5 Å². The van der Waals surface area contributed by atoms with Gasteiger partial charge in [0, 0.05) is 24.1 Å². The lowest BCUT2D eigenvalue weighted by Crippen LogP contribution is -2.34. The summed E-state index contributed by atoms with van der Waals surface area (Å²) >= 11 is 1.39. The first kappa shape index (κ1) is 14.7. The third kappa shape index (κ3) is 3.24. The molecule has 0 spiro atoms. The van der Waals surface area contributed by atoms with Gasteiger partial charge in [-0.1, -0.05) is 17.8 Å². The number of thioether (sulfide) groups is 1. The fraction of sp³-hybridized carbons (Fsp3) is 0.500. The van der Waals surface area contributed by atoms with Crippen molar-refractivity contribution in [2.24, 2.45) is 0 Å². The van der Waals surface area contributed by atoms with Gasteiger partial charge in [-0.3, -0.25) is 4.79 Å². The maximum absolute atomic E-state index is 12.7. The minimum absolute atomic E-state index is 0.178. The van der Waals surface area contributed by atoms with Gasteiger partial charge in [-0.15, -0.1) is 5.10 Å². The first-order chi connectivity index (χ1) is 11.3. The lowest BCUT2D eigenvalue weighted by Gasteiger charge is -2.27. The van der Waals surface area contributed by atoms with Crippen molar-refractivity contribution < 1.29 is 4.79 Å². The monoisotopic (exact) mass is 329 g/mol. The minimum Gasteiger partial charge on any atom is -0.313 e. The van der Waals surface area contributed by atoms with E-state index in [1.807, 2.05) is 17.2 Å². The van der Waals surface area contributed by atoms with Crippen LogP contribution in [-0.2, 0) is 4.79 Å². The van der Waals surface area contributed by atoms with Crippen molar-refractivity contribution in [3.63, 3.8) is 0 Å². The average molecular weight is 329 g/mol. The number of nitrogens with zero attached hydrogens (tertiary/aromatic N) is 5. The van der Waals surface area contributed by atoms with Gasteiger partial charge in [-0.05, 0) is 44.6 Å². The van der Waals surface area contributed by atoms with Crippen molar-refractivity contribution in [3.05, 3.63) is 30.2 Å². The van der Waals surface area contributed by atoms with Crippen LogP contribution in [-0.4, -0.2) is 42.2 Å². The Labute approximate surface area is 139 Å². The molecule has 0 atom stereocenters. The molecule has 23 heavy (non-hydrogen) atoms. The normalized spacial score (nSPS) is 18.0. The molecule has 2 aromatic heterocycles. The van der Waals surface area contributed by atoms with E-state index in [1.165, 1.54) is 30.3 Å². The van der Waals surface area contributed by atoms with Crippen molar-refractivity contribution in [1.82, 2.24) is 24.5 Å². The van der Waals surface area contributed by atoms with Crippen LogP contribution in [0.15, 0.2) is 35.4 Å². The highest BCUT2D eigenvalue weighted by molar-refractivity contribution is 7.99. The average Bonchev–Trinajstić information content (AvgIpc) is 3.32. The lowest BCUT2D eigenvalue weighted by molar-refractivity contribution is -0.127. The largest absolute Gasteiger partial charge is 0.313 e. The Hall–Kier alpha value is -1.89. The highest BCUT2D eigenvalue weighted by atomic mass is 32.2. The summed E-state index contributed by atoms with van der Waals surface area (Å²) in [6.45, 7) is 0. The van der Waals surface area contributed by atoms with E-state index in [4.69, 9.17) is 0 Å². The van der Waals surface area contributed by atoms with Crippen LogP contribution in [0.25, 0.3) is 5.78 Å². The third-order valence-corrected chi connectivity index (χ3v) is 5.00. The fourth-order valence-electron chi connectivity index (χ4n) is 2.94. The quantitative estimate of drug-likeness (QED) is 0.789. The zero-order valence-corrected chi connectivity index (χ0v) is 13.7. The Morgan fingerprint density at radius 1 is 1.39 bits per heavy atom. The van der Waals surface area contributed by atoms with Gasteiger partial charge < -0.3 is 4.90 Å². The van der Waals surface area contributed by atoms with Crippen molar-refractivity contribution in [2.75, 3.05) is 5.75 Å². The summed E-state index contributed by atoms with van der Waals surface area (Å²) in [5.41, 5.74) is 1.23. The second kappa shape index (κ2) is 6.31. The molecular weight excluding hydrogens is 310 g/mol. The van der Waals surface area contributed by atoms with Crippen molar-refractivity contribution in [1.29, 1.82) is 0 Å². The molecule has 0 aliphatic heterocycles. The summed E-state index contributed by atoms with van der Waals surface area (Å²) in [5, 5.41) is 4.94. The molecule has 2 aliphatic carbocycles. The maximum Gasteiger partial charge on any atom is 0.253 e. The molecule has 2 aliphatic rings. The molecule has 0 aromatic carbocycles. The number of carbonyl (C=O) groups is 1. The van der Waals surface area contributed by atoms with E-state index in [0.29, 0.717) is 22.7 Å². The van der Waals surface area contributed by atoms with E-state index in [2.05, 4.69) is 21.1 Å². The van der Waals surface area contributed by atoms with Gasteiger partial charge in [0.1, 0.15) is 0 Å². The summed E-state index contributed by atoms with van der Waals surface area (Å²) in [4.78, 5) is 23.2. The zero-order valence-electron chi connectivity index (χ0n) is 12.9. The van der Waals surface area contributed by atoms with Crippen molar-refractivity contribution >= 4 is 23.4 Å². The van der Waals surface area contributed by atoms with Gasteiger partial charge >= 0.3 is 0 Å². The molecule has 0 radical (unpaired) electrons. The maximum atomic E-state index is 12.7. The highest BCUT2D eigenvalue weighted by Crippen LogP contribution is 2.34. The van der Waals surface area contributed by atoms with Crippen LogP contribution in [0.2, 0.25) is 0 Å². The molecule has 2 heterocycles. The number of fused-ring (bicyclic) bond motifs is 1. The summed E-state index contributed by atoms with van der Waals surface area (Å²) in [5.74, 6) is 1.12. The van der Waals surface area contributed by atoms with E-state index in [1.54, 1.807) is 10.7 Å². The SMILES string of the molecule is O=C(CSc1nc2ncccn2n1)N(C1=CCCCC1)C1CC1. The van der Waals surface area contributed by atoms with Crippen molar-refractivity contribution in [2.45, 2.75) is 49.7 Å². The summed E-state index contributed by atoms with van der Waals surface area (Å²) in [7, 11) is 0. The predicted octanol–water partition coefficient (Wildman–Crippen LogP) is 2.67. The van der Waals surface area contributed by atoms with E-state index in [0.717, 1.165) is 25.7 Å². The molecule has 7 heteroatoms. The van der Waals surface area contributed by atoms with Gasteiger partial charge in [-0.2, -0.15) is 4.98 Å². The molecule has 1 amide bonds. The number of allylic oxidation sites excluding steroid dienone is 2. The summed E-state index contributed by atoms with van der Waals surface area (Å²) in [6, 6.07) is 2.23. The lowest BCUT2D eigenvalue weighted by atomic mass is 10.0. The van der Waals surface area contributed by atoms with E-state index >= 15 is 0 Å². The standard InChI is InChI=1S/C16H19N5OS/c22-14(21(13-7-8-13)12-5-2-1-3-6-12)11-23-16-18-15-17-9-4-10-20(15)19-16/h4-5,9-10,13H,1-3,6-8,11H2. The minimum atomic E-state index is 0.178. The molecule has 120 valence electrons. The molecule has 1 fully saturated rings. The number of hydrogen-bond acceptors (Lipinski definition) is 5. The Morgan fingerprint density at radius 3 is 3.04 bits per heavy atom. The molecule has 0 N–H and O–H groups in total. The van der Waals surface area contributed by atoms with Crippen LogP contribution < -0.4 is 0 Å². The van der Waals surface area contributed by atoms with Crippen LogP contribution in [0, 0.1) is 0 Å². The van der Waals surface area contributed by atoms with Crippen LogP contribution >= 0.6 is 11.8 Å². The molecular formula is C16H19N5OS. The number of aromatic nitrogens is 4. The number of rotatable bonds is 5. The second-order valence-electron chi connectivity index (χ2n) is 5.98. The topological polar surface area (TPSA) is 63.4 Å². The van der Waals surface area contributed by atoms with E-state index in [-0.39, 0.29) is 5.91 Å². The molecule has 1 saturated carbocycles. The van der Waals surface area contributed by atoms with E-state index in [9.17, 15) is 4.79 Å². The van der Waals surface area contributed by atoms with Crippen LogP contribution in [0.5, 0.6) is 0 Å². The van der Waals surface area contributed by atoms with Gasteiger partial charge in [0.2, 0.25) is 11.1 Å². The van der Waals surface area contributed by atoms with Gasteiger partial charge in [-0.25, -0.2) is 9.50 Å². The molecule has 2 aromatic rings. The number of hydrogen-bond donors (Lipinski definition) is 0.